The van der Waals surface area contributed by atoms with Gasteiger partial charge in [-0.1, -0.05) is 6.08 Å². The Hall–Kier alpha value is -1.42. The average Bonchev–Trinajstić information content (AvgIpc) is 2.27. The SMILES string of the molecule is NC1C=CC2=NC(=O)NC2=C1. The second-order valence-corrected chi connectivity index (χ2v) is 2.44. The molecule has 0 saturated carbocycles. The van der Waals surface area contributed by atoms with E-state index in [2.05, 4.69) is 10.3 Å². The summed E-state index contributed by atoms with van der Waals surface area (Å²) in [6.45, 7) is 0. The number of carbonyl (C=O) groups excluding carboxylic acids is 1. The Morgan fingerprint density at radius 2 is 2.45 bits per heavy atom. The Labute approximate surface area is 63.5 Å². The quantitative estimate of drug-likeness (QED) is 0.506. The molecule has 1 aliphatic carbocycles. The molecule has 4 heteroatoms. The number of carbonyl (C=O) groups is 1. The minimum atomic E-state index is -0.315. The lowest BCUT2D eigenvalue weighted by Crippen LogP contribution is -2.23. The van der Waals surface area contributed by atoms with Gasteiger partial charge >= 0.3 is 6.03 Å². The molecular formula is C7H7N3O. The van der Waals surface area contributed by atoms with Crippen molar-refractivity contribution >= 4 is 11.7 Å². The predicted octanol–water partition coefficient (Wildman–Crippen LogP) is -0.0684. The fraction of sp³-hybridized carbons (Fsp3) is 0.143. The van der Waals surface area contributed by atoms with E-state index < -0.39 is 0 Å². The number of amides is 2. The highest BCUT2D eigenvalue weighted by Gasteiger charge is 2.19. The number of urea groups is 1. The summed E-state index contributed by atoms with van der Waals surface area (Å²) < 4.78 is 0. The molecule has 0 saturated heterocycles. The summed E-state index contributed by atoms with van der Waals surface area (Å²) in [6.07, 6.45) is 5.31. The van der Waals surface area contributed by atoms with Gasteiger partial charge in [-0.3, -0.25) is 0 Å². The molecule has 2 amide bonds. The third-order valence-corrected chi connectivity index (χ3v) is 1.57. The molecule has 2 rings (SSSR count). The van der Waals surface area contributed by atoms with Gasteiger partial charge in [0, 0.05) is 6.04 Å². The van der Waals surface area contributed by atoms with Crippen LogP contribution >= 0.6 is 0 Å². The molecule has 1 unspecified atom stereocenters. The number of nitrogens with two attached hydrogens (primary N) is 1. The minimum Gasteiger partial charge on any atom is -0.321 e. The van der Waals surface area contributed by atoms with Crippen LogP contribution < -0.4 is 11.1 Å². The van der Waals surface area contributed by atoms with Crippen LogP contribution in [0.2, 0.25) is 0 Å². The molecule has 0 spiro atoms. The largest absolute Gasteiger partial charge is 0.346 e. The van der Waals surface area contributed by atoms with Crippen LogP contribution in [0.25, 0.3) is 0 Å². The molecule has 1 aliphatic heterocycles. The Kier molecular flexibility index (Phi) is 1.16. The van der Waals surface area contributed by atoms with Crippen molar-refractivity contribution in [2.45, 2.75) is 6.04 Å². The van der Waals surface area contributed by atoms with E-state index in [9.17, 15) is 4.79 Å². The average molecular weight is 149 g/mol. The lowest BCUT2D eigenvalue weighted by Gasteiger charge is -2.07. The van der Waals surface area contributed by atoms with Crippen molar-refractivity contribution in [2.75, 3.05) is 0 Å². The first-order chi connectivity index (χ1) is 5.25. The molecule has 0 aromatic carbocycles. The van der Waals surface area contributed by atoms with Gasteiger partial charge in [0.1, 0.15) is 0 Å². The van der Waals surface area contributed by atoms with Gasteiger partial charge in [0.05, 0.1) is 11.4 Å². The molecular weight excluding hydrogens is 142 g/mol. The van der Waals surface area contributed by atoms with Gasteiger partial charge in [-0.05, 0) is 12.2 Å². The van der Waals surface area contributed by atoms with Crippen LogP contribution in [-0.4, -0.2) is 17.8 Å². The molecule has 0 radical (unpaired) electrons. The van der Waals surface area contributed by atoms with E-state index in [-0.39, 0.29) is 12.1 Å². The maximum atomic E-state index is 10.7. The van der Waals surface area contributed by atoms with Crippen LogP contribution in [0, 0.1) is 0 Å². The summed E-state index contributed by atoms with van der Waals surface area (Å²) in [5, 5.41) is 2.57. The molecule has 3 N–H and O–H groups in total. The van der Waals surface area contributed by atoms with Crippen molar-refractivity contribution in [3.05, 3.63) is 23.9 Å². The summed E-state index contributed by atoms with van der Waals surface area (Å²) in [5.41, 5.74) is 6.97. The highest BCUT2D eigenvalue weighted by molar-refractivity contribution is 6.19. The molecule has 1 atom stereocenters. The van der Waals surface area contributed by atoms with Gasteiger partial charge in [-0.2, -0.15) is 4.99 Å². The first-order valence-corrected chi connectivity index (χ1v) is 3.31. The maximum Gasteiger partial charge on any atom is 0.346 e. The van der Waals surface area contributed by atoms with Crippen LogP contribution in [0.15, 0.2) is 28.9 Å². The number of aliphatic imine (C=N–C) groups is 1. The van der Waals surface area contributed by atoms with Crippen molar-refractivity contribution in [3.63, 3.8) is 0 Å². The molecule has 0 aromatic heterocycles. The van der Waals surface area contributed by atoms with Gasteiger partial charge in [-0.25, -0.2) is 4.79 Å². The monoisotopic (exact) mass is 149 g/mol. The maximum absolute atomic E-state index is 10.7. The smallest absolute Gasteiger partial charge is 0.321 e. The van der Waals surface area contributed by atoms with E-state index in [0.717, 1.165) is 5.70 Å². The summed E-state index contributed by atoms with van der Waals surface area (Å²) in [7, 11) is 0. The third kappa shape index (κ3) is 0.969. The zero-order valence-electron chi connectivity index (χ0n) is 5.74. The van der Waals surface area contributed by atoms with E-state index in [1.165, 1.54) is 0 Å². The molecule has 1 heterocycles. The summed E-state index contributed by atoms with van der Waals surface area (Å²) in [6, 6.07) is -0.424. The summed E-state index contributed by atoms with van der Waals surface area (Å²) >= 11 is 0. The number of rotatable bonds is 0. The Morgan fingerprint density at radius 3 is 3.27 bits per heavy atom. The van der Waals surface area contributed by atoms with Crippen molar-refractivity contribution in [1.82, 2.24) is 5.32 Å². The van der Waals surface area contributed by atoms with E-state index in [1.807, 2.05) is 0 Å². The number of allylic oxidation sites excluding steroid dienone is 1. The first kappa shape index (κ1) is 6.30. The van der Waals surface area contributed by atoms with E-state index in [4.69, 9.17) is 5.73 Å². The van der Waals surface area contributed by atoms with Crippen LogP contribution in [0.4, 0.5) is 4.79 Å². The fourth-order valence-electron chi connectivity index (χ4n) is 1.08. The molecule has 0 bridgehead atoms. The Morgan fingerprint density at radius 1 is 1.64 bits per heavy atom. The van der Waals surface area contributed by atoms with Gasteiger partial charge in [0.2, 0.25) is 0 Å². The molecule has 0 aromatic rings. The number of fused-ring (bicyclic) bond motifs is 1. The van der Waals surface area contributed by atoms with Crippen LogP contribution in [-0.2, 0) is 0 Å². The number of hydrogen-bond acceptors (Lipinski definition) is 2. The molecule has 2 aliphatic rings. The second kappa shape index (κ2) is 2.03. The van der Waals surface area contributed by atoms with Crippen molar-refractivity contribution < 1.29 is 4.79 Å². The third-order valence-electron chi connectivity index (χ3n) is 1.57. The van der Waals surface area contributed by atoms with Gasteiger partial charge in [-0.15, -0.1) is 0 Å². The van der Waals surface area contributed by atoms with E-state index in [0.29, 0.717) is 5.71 Å². The van der Waals surface area contributed by atoms with Crippen molar-refractivity contribution in [1.29, 1.82) is 0 Å². The predicted molar refractivity (Wildman–Crippen MR) is 41.2 cm³/mol. The first-order valence-electron chi connectivity index (χ1n) is 3.31. The van der Waals surface area contributed by atoms with Crippen LogP contribution in [0.1, 0.15) is 0 Å². The summed E-state index contributed by atoms with van der Waals surface area (Å²) in [5.74, 6) is 0. The summed E-state index contributed by atoms with van der Waals surface area (Å²) in [4.78, 5) is 14.4. The van der Waals surface area contributed by atoms with Crippen molar-refractivity contribution in [3.8, 4) is 0 Å². The lowest BCUT2D eigenvalue weighted by molar-refractivity contribution is 0.253. The Balaban J connectivity index is 2.39. The highest BCUT2D eigenvalue weighted by Crippen LogP contribution is 2.10. The molecule has 0 fully saturated rings. The zero-order chi connectivity index (χ0) is 7.84. The Bertz CT molecular complexity index is 301. The van der Waals surface area contributed by atoms with Crippen LogP contribution in [0.3, 0.4) is 0 Å². The topological polar surface area (TPSA) is 67.5 Å². The van der Waals surface area contributed by atoms with E-state index in [1.54, 1.807) is 18.2 Å². The van der Waals surface area contributed by atoms with Crippen molar-refractivity contribution in [2.24, 2.45) is 10.7 Å². The highest BCUT2D eigenvalue weighted by atomic mass is 16.2. The number of nitrogens with one attached hydrogen (secondary N) is 1. The number of hydrogen-bond donors (Lipinski definition) is 2. The van der Waals surface area contributed by atoms with E-state index >= 15 is 0 Å². The molecule has 56 valence electrons. The number of nitrogens with zero attached hydrogens (tertiary/aromatic N) is 1. The zero-order valence-corrected chi connectivity index (χ0v) is 5.74. The van der Waals surface area contributed by atoms with Gasteiger partial charge in [0.25, 0.3) is 0 Å². The fourth-order valence-corrected chi connectivity index (χ4v) is 1.08. The standard InChI is InChI=1S/C7H7N3O/c8-4-1-2-5-6(3-4)10-7(11)9-5/h1-4H,8H2,(H,10,11). The van der Waals surface area contributed by atoms with Crippen LogP contribution in [0.5, 0.6) is 0 Å². The normalized spacial score (nSPS) is 27.4. The second-order valence-electron chi connectivity index (χ2n) is 2.44. The minimum absolute atomic E-state index is 0.109. The van der Waals surface area contributed by atoms with Gasteiger partial charge < -0.3 is 11.1 Å². The van der Waals surface area contributed by atoms with Gasteiger partial charge in [0.15, 0.2) is 0 Å². The lowest BCUT2D eigenvalue weighted by atomic mass is 10.1. The molecule has 4 nitrogen and oxygen atoms in total. The molecule has 11 heavy (non-hydrogen) atoms.